The normalized spacial score (nSPS) is 21.9. The molecule has 1 aromatic heterocycles. The van der Waals surface area contributed by atoms with Gasteiger partial charge >= 0.3 is 0 Å². The molecule has 106 valence electrons. The van der Waals surface area contributed by atoms with E-state index in [-0.39, 0.29) is 11.8 Å². The summed E-state index contributed by atoms with van der Waals surface area (Å²) in [5.74, 6) is 2.64. The number of aryl methyl sites for hydroxylation is 1. The zero-order valence-electron chi connectivity index (χ0n) is 11.5. The summed E-state index contributed by atoms with van der Waals surface area (Å²) in [5.41, 5.74) is 0.913. The van der Waals surface area contributed by atoms with E-state index in [1.807, 2.05) is 20.9 Å². The highest BCUT2D eigenvalue weighted by Gasteiger charge is 2.25. The van der Waals surface area contributed by atoms with Crippen molar-refractivity contribution in [2.24, 2.45) is 0 Å². The third-order valence-electron chi connectivity index (χ3n) is 3.30. The molecular weight excluding hydrogens is 264 g/mol. The average Bonchev–Trinajstić information content (AvgIpc) is 2.32. The molecule has 2 N–H and O–H groups in total. The summed E-state index contributed by atoms with van der Waals surface area (Å²) in [7, 11) is -1.10. The average molecular weight is 284 g/mol. The van der Waals surface area contributed by atoms with Crippen molar-refractivity contribution in [2.75, 3.05) is 29.2 Å². The number of hydrogen-bond donors (Lipinski definition) is 2. The Morgan fingerprint density at radius 1 is 1.21 bits per heavy atom. The Morgan fingerprint density at radius 3 is 2.53 bits per heavy atom. The van der Waals surface area contributed by atoms with Crippen LogP contribution in [0.5, 0.6) is 0 Å². The van der Waals surface area contributed by atoms with Gasteiger partial charge in [-0.15, -0.1) is 0 Å². The van der Waals surface area contributed by atoms with E-state index in [4.69, 9.17) is 0 Å². The van der Waals surface area contributed by atoms with Crippen molar-refractivity contribution in [3.05, 3.63) is 11.4 Å². The molecule has 6 nitrogen and oxygen atoms in total. The van der Waals surface area contributed by atoms with Crippen LogP contribution in [-0.4, -0.2) is 43.0 Å². The van der Waals surface area contributed by atoms with Crippen molar-refractivity contribution in [3.63, 3.8) is 0 Å². The second kappa shape index (κ2) is 5.32. The predicted molar refractivity (Wildman–Crippen MR) is 76.4 cm³/mol. The molecule has 2 heterocycles. The predicted octanol–water partition coefficient (Wildman–Crippen LogP) is 1.12. The standard InChI is InChI=1S/C12H20N4O2S/c1-8-11(13-3)14-9(2)15-12(8)16-10-5-4-6-19(17,18)7-10/h10H,4-7H2,1-3H3,(H2,13,14,15,16). The van der Waals surface area contributed by atoms with Gasteiger partial charge in [0, 0.05) is 18.7 Å². The number of rotatable bonds is 3. The first-order valence-corrected chi connectivity index (χ1v) is 8.23. The fourth-order valence-corrected chi connectivity index (χ4v) is 3.98. The van der Waals surface area contributed by atoms with Crippen LogP contribution in [0.4, 0.5) is 11.6 Å². The molecule has 1 atom stereocenters. The lowest BCUT2D eigenvalue weighted by atomic mass is 10.2. The molecule has 2 rings (SSSR count). The lowest BCUT2D eigenvalue weighted by Gasteiger charge is -2.24. The molecule has 0 aromatic carbocycles. The number of sulfone groups is 1. The molecule has 1 aromatic rings. The lowest BCUT2D eigenvalue weighted by molar-refractivity contribution is 0.561. The maximum absolute atomic E-state index is 11.6. The molecule has 1 aliphatic rings. The van der Waals surface area contributed by atoms with E-state index in [1.165, 1.54) is 0 Å². The Hall–Kier alpha value is -1.37. The van der Waals surface area contributed by atoms with Gasteiger partial charge in [-0.05, 0) is 26.7 Å². The highest BCUT2D eigenvalue weighted by atomic mass is 32.2. The van der Waals surface area contributed by atoms with Gasteiger partial charge in [0.05, 0.1) is 11.5 Å². The summed E-state index contributed by atoms with van der Waals surface area (Å²) >= 11 is 0. The second-order valence-electron chi connectivity index (χ2n) is 4.94. The molecule has 1 fully saturated rings. The van der Waals surface area contributed by atoms with Gasteiger partial charge in [0.1, 0.15) is 17.5 Å². The third kappa shape index (κ3) is 3.34. The molecular formula is C12H20N4O2S. The topological polar surface area (TPSA) is 84.0 Å². The molecule has 0 bridgehead atoms. The summed E-state index contributed by atoms with van der Waals surface area (Å²) in [5, 5.41) is 6.27. The number of nitrogens with zero attached hydrogens (tertiary/aromatic N) is 2. The molecule has 19 heavy (non-hydrogen) atoms. The van der Waals surface area contributed by atoms with Gasteiger partial charge < -0.3 is 10.6 Å². The first kappa shape index (κ1) is 14.0. The van der Waals surface area contributed by atoms with Crippen molar-refractivity contribution >= 4 is 21.5 Å². The van der Waals surface area contributed by atoms with Crippen LogP contribution < -0.4 is 10.6 Å². The quantitative estimate of drug-likeness (QED) is 0.865. The fraction of sp³-hybridized carbons (Fsp3) is 0.667. The summed E-state index contributed by atoms with van der Waals surface area (Å²) in [4.78, 5) is 8.66. The molecule has 0 radical (unpaired) electrons. The molecule has 0 spiro atoms. The molecule has 0 saturated carbocycles. The van der Waals surface area contributed by atoms with Gasteiger partial charge in [-0.3, -0.25) is 0 Å². The van der Waals surface area contributed by atoms with E-state index in [1.54, 1.807) is 0 Å². The van der Waals surface area contributed by atoms with Crippen LogP contribution in [0.2, 0.25) is 0 Å². The SMILES string of the molecule is CNc1nc(C)nc(NC2CCCS(=O)(=O)C2)c1C. The lowest BCUT2D eigenvalue weighted by Crippen LogP contribution is -2.35. The monoisotopic (exact) mass is 284 g/mol. The Bertz CT molecular complexity index is 571. The fourth-order valence-electron chi connectivity index (χ4n) is 2.34. The molecule has 1 aliphatic heterocycles. The van der Waals surface area contributed by atoms with Crippen molar-refractivity contribution < 1.29 is 8.42 Å². The molecule has 1 saturated heterocycles. The van der Waals surface area contributed by atoms with Gasteiger partial charge in [-0.25, -0.2) is 18.4 Å². The van der Waals surface area contributed by atoms with Crippen LogP contribution in [0, 0.1) is 13.8 Å². The molecule has 1 unspecified atom stereocenters. The summed E-state index contributed by atoms with van der Waals surface area (Å²) in [6.45, 7) is 3.74. The van der Waals surface area contributed by atoms with Crippen LogP contribution in [0.15, 0.2) is 0 Å². The zero-order chi connectivity index (χ0) is 14.0. The van der Waals surface area contributed by atoms with Gasteiger partial charge in [-0.2, -0.15) is 0 Å². The number of anilines is 2. The Kier molecular flexibility index (Phi) is 3.93. The van der Waals surface area contributed by atoms with Gasteiger partial charge in [0.25, 0.3) is 0 Å². The summed E-state index contributed by atoms with van der Waals surface area (Å²) in [6, 6.07) is -0.0588. The number of nitrogens with one attached hydrogen (secondary N) is 2. The maximum atomic E-state index is 11.6. The highest BCUT2D eigenvalue weighted by molar-refractivity contribution is 7.91. The first-order valence-electron chi connectivity index (χ1n) is 6.41. The van der Waals surface area contributed by atoms with Crippen molar-refractivity contribution in [2.45, 2.75) is 32.7 Å². The van der Waals surface area contributed by atoms with E-state index >= 15 is 0 Å². The van der Waals surface area contributed by atoms with Crippen molar-refractivity contribution in [1.29, 1.82) is 0 Å². The van der Waals surface area contributed by atoms with E-state index in [9.17, 15) is 8.42 Å². The van der Waals surface area contributed by atoms with Crippen molar-refractivity contribution in [3.8, 4) is 0 Å². The van der Waals surface area contributed by atoms with Crippen molar-refractivity contribution in [1.82, 2.24) is 9.97 Å². The zero-order valence-corrected chi connectivity index (χ0v) is 12.3. The van der Waals surface area contributed by atoms with Crippen LogP contribution in [0.1, 0.15) is 24.2 Å². The molecule has 0 amide bonds. The number of hydrogen-bond acceptors (Lipinski definition) is 6. The summed E-state index contributed by atoms with van der Waals surface area (Å²) in [6.07, 6.45) is 1.57. The van der Waals surface area contributed by atoms with E-state index in [0.717, 1.165) is 23.6 Å². The Balaban J connectivity index is 2.21. The van der Waals surface area contributed by atoms with Crippen LogP contribution >= 0.6 is 0 Å². The second-order valence-corrected chi connectivity index (χ2v) is 7.17. The smallest absolute Gasteiger partial charge is 0.152 e. The van der Waals surface area contributed by atoms with Crippen LogP contribution in [0.25, 0.3) is 0 Å². The van der Waals surface area contributed by atoms with E-state index in [0.29, 0.717) is 18.0 Å². The Labute approximate surface area is 114 Å². The minimum absolute atomic E-state index is 0.0588. The summed E-state index contributed by atoms with van der Waals surface area (Å²) < 4.78 is 23.3. The van der Waals surface area contributed by atoms with Gasteiger partial charge in [0.15, 0.2) is 9.84 Å². The number of aromatic nitrogens is 2. The minimum Gasteiger partial charge on any atom is -0.373 e. The minimum atomic E-state index is -2.91. The van der Waals surface area contributed by atoms with E-state index < -0.39 is 9.84 Å². The molecule has 0 aliphatic carbocycles. The third-order valence-corrected chi connectivity index (χ3v) is 5.12. The van der Waals surface area contributed by atoms with Crippen LogP contribution in [0.3, 0.4) is 0 Å². The highest BCUT2D eigenvalue weighted by Crippen LogP contribution is 2.22. The van der Waals surface area contributed by atoms with E-state index in [2.05, 4.69) is 20.6 Å². The maximum Gasteiger partial charge on any atom is 0.152 e. The Morgan fingerprint density at radius 2 is 1.89 bits per heavy atom. The van der Waals surface area contributed by atoms with Crippen LogP contribution in [-0.2, 0) is 9.84 Å². The van der Waals surface area contributed by atoms with Gasteiger partial charge in [-0.1, -0.05) is 0 Å². The van der Waals surface area contributed by atoms with Gasteiger partial charge in [0.2, 0.25) is 0 Å². The largest absolute Gasteiger partial charge is 0.373 e. The first-order chi connectivity index (χ1) is 8.91. The molecule has 7 heteroatoms.